The van der Waals surface area contributed by atoms with Crippen LogP contribution in [-0.4, -0.2) is 23.9 Å². The molecule has 4 radical (unpaired) electrons. The molecule has 0 saturated carbocycles. The summed E-state index contributed by atoms with van der Waals surface area (Å²) >= 11 is 0. The van der Waals surface area contributed by atoms with Crippen LogP contribution in [0, 0.1) is 12.8 Å². The maximum Gasteiger partial charge on any atom is 0 e. The van der Waals surface area contributed by atoms with Gasteiger partial charge in [0.15, 0.2) is 0 Å². The van der Waals surface area contributed by atoms with Crippen molar-refractivity contribution in [2.24, 2.45) is 0 Å². The molecule has 0 amide bonds. The first-order chi connectivity index (χ1) is 4.00. The van der Waals surface area contributed by atoms with Gasteiger partial charge in [-0.1, -0.05) is 41.5 Å². The zero-order valence-electron chi connectivity index (χ0n) is 7.65. The van der Waals surface area contributed by atoms with Crippen molar-refractivity contribution in [1.29, 1.82) is 0 Å². The second kappa shape index (κ2) is 3520. The first kappa shape index (κ1) is 34.4. The van der Waals surface area contributed by atoms with E-state index in [1.165, 1.54) is 0 Å². The Labute approximate surface area is 78.4 Å². The van der Waals surface area contributed by atoms with E-state index in [1.54, 1.807) is 0 Å². The molecule has 0 heterocycles. The fourth-order valence-corrected chi connectivity index (χ4v) is 0. The molecule has 0 aromatic rings. The fraction of sp³-hybridized carbons (Fsp3) is 0.750. The monoisotopic (exact) mass is 236 g/mol. The molecule has 0 unspecified atom stereocenters. The molecule has 0 aliphatic carbocycles. The van der Waals surface area contributed by atoms with Crippen molar-refractivity contribution in [1.82, 2.24) is 0 Å². The van der Waals surface area contributed by atoms with E-state index in [1.807, 2.05) is 41.5 Å². The Bertz CT molecular complexity index is 9.28. The van der Waals surface area contributed by atoms with E-state index in [2.05, 4.69) is 12.8 Å². The zero-order valence-corrected chi connectivity index (χ0v) is 10.5. The maximum atomic E-state index is 4.00. The van der Waals surface area contributed by atoms with Gasteiger partial charge in [0.1, 0.15) is 0 Å². The predicted octanol–water partition coefficient (Wildman–Crippen LogP) is 2.95. The summed E-state index contributed by atoms with van der Waals surface area (Å²) < 4.78 is 0. The van der Waals surface area contributed by atoms with Crippen LogP contribution in [-0.2, 0) is 0 Å². The zero-order chi connectivity index (χ0) is 8.00. The quantitative estimate of drug-likeness (QED) is 0.447. The van der Waals surface area contributed by atoms with Crippen LogP contribution in [0.25, 0.3) is 0 Å². The Morgan fingerprint density at radius 2 is 0.556 bits per heavy atom. The molecule has 0 saturated heterocycles. The van der Waals surface area contributed by atoms with Crippen LogP contribution in [0.15, 0.2) is 0 Å². The summed E-state index contributed by atoms with van der Waals surface area (Å²) in [6.07, 6.45) is 8.00. The minimum absolute atomic E-state index is 0. The standard InChI is InChI=1S/3C2H6.C2H2.Sn/c4*1-2;/h3*1-2H3;1-2H;. The Balaban J connectivity index is -0.00000000762. The molecule has 0 atom stereocenters. The molecule has 0 spiro atoms. The molecular weight excluding hydrogens is 215 g/mol. The Morgan fingerprint density at radius 3 is 0.556 bits per heavy atom. The molecule has 1 heteroatoms. The van der Waals surface area contributed by atoms with Gasteiger partial charge in [0.05, 0.1) is 0 Å². The normalized spacial score (nSPS) is 2.22. The molecule has 0 rings (SSSR count). The third-order valence-corrected chi connectivity index (χ3v) is 0. The van der Waals surface area contributed by atoms with Crippen molar-refractivity contribution in [2.75, 3.05) is 0 Å². The molecule has 0 fully saturated rings. The number of hydrogen-bond donors (Lipinski definition) is 0. The number of terminal acetylenes is 1. The second-order valence-corrected chi connectivity index (χ2v) is 0. The molecule has 9 heavy (non-hydrogen) atoms. The van der Waals surface area contributed by atoms with Gasteiger partial charge in [-0.05, 0) is 0 Å². The average molecular weight is 235 g/mol. The number of rotatable bonds is 0. The van der Waals surface area contributed by atoms with E-state index in [0.29, 0.717) is 0 Å². The van der Waals surface area contributed by atoms with Gasteiger partial charge in [0.2, 0.25) is 0 Å². The average Bonchev–Trinajstić information content (AvgIpc) is 2.03. The van der Waals surface area contributed by atoms with Crippen LogP contribution in [0.1, 0.15) is 41.5 Å². The van der Waals surface area contributed by atoms with Crippen LogP contribution in [0.3, 0.4) is 0 Å². The van der Waals surface area contributed by atoms with Gasteiger partial charge in [-0.25, -0.2) is 0 Å². The van der Waals surface area contributed by atoms with Gasteiger partial charge in [0, 0.05) is 23.9 Å². The Kier molecular flexibility index (Phi) is 13500. The van der Waals surface area contributed by atoms with Crippen molar-refractivity contribution in [3.8, 4) is 12.8 Å². The van der Waals surface area contributed by atoms with Crippen LogP contribution in [0.5, 0.6) is 0 Å². The Morgan fingerprint density at radius 1 is 0.556 bits per heavy atom. The Hall–Kier alpha value is 0.359. The summed E-state index contributed by atoms with van der Waals surface area (Å²) in [6.45, 7) is 12.0. The smallest absolute Gasteiger partial charge is 0 e. The van der Waals surface area contributed by atoms with Crippen LogP contribution in [0.2, 0.25) is 0 Å². The van der Waals surface area contributed by atoms with Crippen molar-refractivity contribution in [2.45, 2.75) is 41.5 Å². The van der Waals surface area contributed by atoms with Gasteiger partial charge in [-0.3, -0.25) is 0 Å². The molecule has 0 bridgehead atoms. The topological polar surface area (TPSA) is 0 Å². The molecule has 0 aromatic heterocycles. The first-order valence-electron chi connectivity index (χ1n) is 3.33. The summed E-state index contributed by atoms with van der Waals surface area (Å²) in [6, 6.07) is 0. The van der Waals surface area contributed by atoms with Gasteiger partial charge in [0.25, 0.3) is 0 Å². The van der Waals surface area contributed by atoms with Crippen molar-refractivity contribution >= 4 is 23.9 Å². The van der Waals surface area contributed by atoms with Crippen LogP contribution in [0.4, 0.5) is 0 Å². The summed E-state index contributed by atoms with van der Waals surface area (Å²) in [7, 11) is 0. The van der Waals surface area contributed by atoms with Crippen molar-refractivity contribution in [3.63, 3.8) is 0 Å². The number of hydrogen-bond acceptors (Lipinski definition) is 0. The summed E-state index contributed by atoms with van der Waals surface area (Å²) in [5, 5.41) is 0. The molecule has 56 valence electrons. The van der Waals surface area contributed by atoms with E-state index in [-0.39, 0.29) is 23.9 Å². The van der Waals surface area contributed by atoms with E-state index in [0.717, 1.165) is 0 Å². The second-order valence-electron chi connectivity index (χ2n) is 0. The van der Waals surface area contributed by atoms with Crippen molar-refractivity contribution in [3.05, 3.63) is 0 Å². The largest absolute Gasteiger partial charge is 0.124 e. The van der Waals surface area contributed by atoms with Gasteiger partial charge in [-0.2, -0.15) is 0 Å². The minimum atomic E-state index is 0. The summed E-state index contributed by atoms with van der Waals surface area (Å²) in [5.41, 5.74) is 0. The predicted molar refractivity (Wildman–Crippen MR) is 49.7 cm³/mol. The molecule has 0 N–H and O–H groups in total. The summed E-state index contributed by atoms with van der Waals surface area (Å²) in [5.74, 6) is 0. The van der Waals surface area contributed by atoms with E-state index in [4.69, 9.17) is 0 Å². The van der Waals surface area contributed by atoms with Gasteiger partial charge in [-0.15, -0.1) is 12.8 Å². The van der Waals surface area contributed by atoms with E-state index in [9.17, 15) is 0 Å². The fourth-order valence-electron chi connectivity index (χ4n) is 0. The van der Waals surface area contributed by atoms with E-state index >= 15 is 0 Å². The molecule has 0 nitrogen and oxygen atoms in total. The van der Waals surface area contributed by atoms with E-state index < -0.39 is 0 Å². The van der Waals surface area contributed by atoms with Crippen LogP contribution >= 0.6 is 0 Å². The first-order valence-corrected chi connectivity index (χ1v) is 3.33. The van der Waals surface area contributed by atoms with Crippen LogP contribution < -0.4 is 0 Å². The van der Waals surface area contributed by atoms with Gasteiger partial charge < -0.3 is 0 Å². The third kappa shape index (κ3) is 2630. The SMILES string of the molecule is C#C.CC.CC.CC.[Sn]. The molecule has 0 aliphatic rings. The third-order valence-electron chi connectivity index (χ3n) is 0. The molecule has 0 aliphatic heterocycles. The van der Waals surface area contributed by atoms with Gasteiger partial charge >= 0.3 is 0 Å². The van der Waals surface area contributed by atoms with Crippen molar-refractivity contribution < 1.29 is 0 Å². The molecular formula is C8H20Sn. The minimum Gasteiger partial charge on any atom is -0.124 e. The summed E-state index contributed by atoms with van der Waals surface area (Å²) in [4.78, 5) is 0. The molecule has 0 aromatic carbocycles. The maximum absolute atomic E-state index is 4.00.